The molecule has 2 aromatic rings. The minimum absolute atomic E-state index is 0.127. The van der Waals surface area contributed by atoms with Crippen molar-refractivity contribution >= 4 is 30.0 Å². The summed E-state index contributed by atoms with van der Waals surface area (Å²) in [7, 11) is 0. The first kappa shape index (κ1) is 35.8. The van der Waals surface area contributed by atoms with Crippen LogP contribution in [0, 0.1) is 0 Å². The molecule has 2 rings (SSSR count). The van der Waals surface area contributed by atoms with Crippen LogP contribution >= 0.6 is 0 Å². The van der Waals surface area contributed by atoms with Gasteiger partial charge in [0.1, 0.15) is 29.3 Å². The number of nitrogens with one attached hydrogen (secondary N) is 2. The number of amides is 3. The van der Waals surface area contributed by atoms with Crippen molar-refractivity contribution in [2.24, 2.45) is 0 Å². The number of rotatable bonds is 13. The molecule has 0 saturated carbocycles. The van der Waals surface area contributed by atoms with Crippen molar-refractivity contribution in [3.8, 4) is 0 Å². The van der Waals surface area contributed by atoms with E-state index in [9.17, 15) is 24.3 Å². The van der Waals surface area contributed by atoms with E-state index in [-0.39, 0.29) is 13.0 Å². The number of carbonyl (C=O) groups is 4. The number of alkyl carbamates (subject to hydrolysis) is 1. The van der Waals surface area contributed by atoms with Crippen LogP contribution in [-0.2, 0) is 30.3 Å². The topological polar surface area (TPSA) is 134 Å². The van der Waals surface area contributed by atoms with Crippen molar-refractivity contribution in [3.05, 3.63) is 90.5 Å². The lowest BCUT2D eigenvalue weighted by atomic mass is 9.99. The Balaban J connectivity index is 2.56. The minimum atomic E-state index is -1.44. The number of aliphatic hydroxyl groups excluding tert-OH is 1. The van der Waals surface area contributed by atoms with Gasteiger partial charge in [-0.1, -0.05) is 67.3 Å². The molecule has 0 bridgehead atoms. The van der Waals surface area contributed by atoms with E-state index in [0.717, 1.165) is 5.56 Å². The Morgan fingerprint density at radius 2 is 1.52 bits per heavy atom. The maximum absolute atomic E-state index is 14.2. The summed E-state index contributed by atoms with van der Waals surface area (Å²) in [6, 6.07) is 12.2. The lowest BCUT2D eigenvalue weighted by molar-refractivity contribution is -0.159. The zero-order valence-corrected chi connectivity index (χ0v) is 26.5. The lowest BCUT2D eigenvalue weighted by Gasteiger charge is -2.34. The molecule has 0 fully saturated rings. The Morgan fingerprint density at radius 3 is 2.07 bits per heavy atom. The Hall–Kier alpha value is -4.44. The van der Waals surface area contributed by atoms with Crippen LogP contribution in [-0.4, -0.2) is 70.3 Å². The van der Waals surface area contributed by atoms with E-state index in [0.29, 0.717) is 11.1 Å². The highest BCUT2D eigenvalue weighted by molar-refractivity contribution is 5.94. The molecular formula is C34H45N3O7. The van der Waals surface area contributed by atoms with Crippen LogP contribution in [0.4, 0.5) is 4.79 Å². The second-order valence-corrected chi connectivity index (χ2v) is 12.2. The average Bonchev–Trinajstić information content (AvgIpc) is 2.93. The standard InChI is InChI=1S/C34H45N3O7/c1-9-19-37(30(40)27(22-38)36-32(42)44-34(6,7)8)28(25-18-14-17-23(10-2)20-25)29(39)35-26(31(41)43-33(3,4)5)21-24-15-12-11-13-16-24/h9-18,20,26-28,38H,1-2,19,21-22H2,3-8H3,(H,35,39)(H,36,42). The number of esters is 1. The van der Waals surface area contributed by atoms with Gasteiger partial charge < -0.3 is 30.1 Å². The maximum Gasteiger partial charge on any atom is 0.408 e. The second kappa shape index (κ2) is 15.9. The fraction of sp³-hybridized carbons (Fsp3) is 0.412. The summed E-state index contributed by atoms with van der Waals surface area (Å²) >= 11 is 0. The number of hydrogen-bond acceptors (Lipinski definition) is 7. The molecule has 3 unspecified atom stereocenters. The van der Waals surface area contributed by atoms with Gasteiger partial charge in [0, 0.05) is 13.0 Å². The van der Waals surface area contributed by atoms with Gasteiger partial charge in [-0.25, -0.2) is 9.59 Å². The summed E-state index contributed by atoms with van der Waals surface area (Å²) in [4.78, 5) is 55.1. The first-order chi connectivity index (χ1) is 20.6. The van der Waals surface area contributed by atoms with Gasteiger partial charge in [0.25, 0.3) is 0 Å². The highest BCUT2D eigenvalue weighted by atomic mass is 16.6. The predicted octanol–water partition coefficient (Wildman–Crippen LogP) is 4.34. The van der Waals surface area contributed by atoms with Crippen LogP contribution in [0.5, 0.6) is 0 Å². The zero-order chi connectivity index (χ0) is 33.1. The molecule has 0 spiro atoms. The summed E-state index contributed by atoms with van der Waals surface area (Å²) < 4.78 is 10.9. The molecule has 44 heavy (non-hydrogen) atoms. The maximum atomic E-state index is 14.2. The summed E-state index contributed by atoms with van der Waals surface area (Å²) in [6.45, 7) is 16.8. The van der Waals surface area contributed by atoms with E-state index >= 15 is 0 Å². The molecule has 0 aromatic heterocycles. The fourth-order valence-electron chi connectivity index (χ4n) is 4.29. The van der Waals surface area contributed by atoms with Crippen LogP contribution in [0.15, 0.2) is 73.8 Å². The third kappa shape index (κ3) is 11.3. The predicted molar refractivity (Wildman–Crippen MR) is 169 cm³/mol. The molecule has 0 radical (unpaired) electrons. The van der Waals surface area contributed by atoms with Crippen molar-refractivity contribution < 1.29 is 33.8 Å². The fourth-order valence-corrected chi connectivity index (χ4v) is 4.29. The summed E-state index contributed by atoms with van der Waals surface area (Å²) in [5.41, 5.74) is 0.212. The van der Waals surface area contributed by atoms with E-state index in [1.54, 1.807) is 71.9 Å². The Kier molecular flexibility index (Phi) is 12.9. The van der Waals surface area contributed by atoms with Gasteiger partial charge >= 0.3 is 12.1 Å². The van der Waals surface area contributed by atoms with Crippen molar-refractivity contribution in [2.45, 2.75) is 77.3 Å². The smallest absolute Gasteiger partial charge is 0.408 e. The van der Waals surface area contributed by atoms with Crippen molar-refractivity contribution in [1.82, 2.24) is 15.5 Å². The highest BCUT2D eigenvalue weighted by Gasteiger charge is 2.38. The molecule has 0 heterocycles. The largest absolute Gasteiger partial charge is 0.458 e. The Morgan fingerprint density at radius 1 is 0.886 bits per heavy atom. The molecule has 3 amide bonds. The first-order valence-electron chi connectivity index (χ1n) is 14.4. The molecule has 2 aromatic carbocycles. The zero-order valence-electron chi connectivity index (χ0n) is 26.5. The molecule has 10 heteroatoms. The molecule has 3 N–H and O–H groups in total. The molecule has 0 aliphatic carbocycles. The van der Waals surface area contributed by atoms with E-state index < -0.39 is 59.8 Å². The number of nitrogens with zero attached hydrogens (tertiary/aromatic N) is 1. The van der Waals surface area contributed by atoms with Gasteiger partial charge in [0.2, 0.25) is 11.8 Å². The highest BCUT2D eigenvalue weighted by Crippen LogP contribution is 2.25. The lowest BCUT2D eigenvalue weighted by Crippen LogP contribution is -2.56. The summed E-state index contributed by atoms with van der Waals surface area (Å²) in [6.07, 6.45) is 2.24. The monoisotopic (exact) mass is 607 g/mol. The number of aliphatic hydroxyl groups is 1. The second-order valence-electron chi connectivity index (χ2n) is 12.2. The van der Waals surface area contributed by atoms with Gasteiger partial charge in [-0.2, -0.15) is 0 Å². The molecule has 0 aliphatic rings. The summed E-state index contributed by atoms with van der Waals surface area (Å²) in [5, 5.41) is 15.3. The van der Waals surface area contributed by atoms with Crippen molar-refractivity contribution in [2.75, 3.05) is 13.2 Å². The van der Waals surface area contributed by atoms with Crippen LogP contribution < -0.4 is 10.6 Å². The third-order valence-corrected chi connectivity index (χ3v) is 6.09. The SMILES string of the molecule is C=CCN(C(=O)C(CO)NC(=O)OC(C)(C)C)C(C(=O)NC(Cc1ccccc1)C(=O)OC(C)(C)C)c1cccc(C=C)c1. The van der Waals surface area contributed by atoms with E-state index in [1.165, 1.54) is 11.0 Å². The van der Waals surface area contributed by atoms with Crippen LogP contribution in [0.2, 0.25) is 0 Å². The van der Waals surface area contributed by atoms with Crippen LogP contribution in [0.1, 0.15) is 64.3 Å². The number of hydrogen-bond donors (Lipinski definition) is 3. The van der Waals surface area contributed by atoms with Gasteiger partial charge in [0.05, 0.1) is 6.61 Å². The van der Waals surface area contributed by atoms with Crippen molar-refractivity contribution in [1.29, 1.82) is 0 Å². The van der Waals surface area contributed by atoms with E-state index in [2.05, 4.69) is 23.8 Å². The molecule has 3 atom stereocenters. The third-order valence-electron chi connectivity index (χ3n) is 6.09. The van der Waals surface area contributed by atoms with E-state index in [4.69, 9.17) is 9.47 Å². The number of ether oxygens (including phenoxy) is 2. The van der Waals surface area contributed by atoms with Gasteiger partial charge in [-0.3, -0.25) is 9.59 Å². The van der Waals surface area contributed by atoms with Gasteiger partial charge in [-0.05, 0) is 64.3 Å². The quantitative estimate of drug-likeness (QED) is 0.228. The van der Waals surface area contributed by atoms with Crippen LogP contribution in [0.3, 0.4) is 0 Å². The molecule has 0 aliphatic heterocycles. The average molecular weight is 608 g/mol. The minimum Gasteiger partial charge on any atom is -0.458 e. The molecule has 10 nitrogen and oxygen atoms in total. The molecular weight excluding hydrogens is 562 g/mol. The summed E-state index contributed by atoms with van der Waals surface area (Å²) in [5.74, 6) is -2.09. The van der Waals surface area contributed by atoms with E-state index in [1.807, 2.05) is 30.3 Å². The van der Waals surface area contributed by atoms with Gasteiger partial charge in [-0.15, -0.1) is 6.58 Å². The molecule has 0 saturated heterocycles. The van der Waals surface area contributed by atoms with Crippen molar-refractivity contribution in [3.63, 3.8) is 0 Å². The van der Waals surface area contributed by atoms with Crippen LogP contribution in [0.25, 0.3) is 6.08 Å². The normalized spacial score (nSPS) is 13.4. The Bertz CT molecular complexity index is 1310. The molecule has 238 valence electrons. The number of benzene rings is 2. The van der Waals surface area contributed by atoms with Gasteiger partial charge in [0.15, 0.2) is 0 Å². The number of carbonyl (C=O) groups excluding carboxylic acids is 4. The first-order valence-corrected chi connectivity index (χ1v) is 14.4. The Labute approximate surface area is 260 Å².